The molecule has 0 saturated carbocycles. The molecule has 2 heterocycles. The van der Waals surface area contributed by atoms with Crippen molar-refractivity contribution in [1.29, 1.82) is 0 Å². The van der Waals surface area contributed by atoms with Crippen LogP contribution < -0.4 is 0 Å². The molecule has 2 unspecified atom stereocenters. The van der Waals surface area contributed by atoms with Gasteiger partial charge in [0.2, 0.25) is 0 Å². The van der Waals surface area contributed by atoms with E-state index in [9.17, 15) is 0 Å². The Morgan fingerprint density at radius 2 is 1.39 bits per heavy atom. The summed E-state index contributed by atoms with van der Waals surface area (Å²) in [6.07, 6.45) is 4.58. The normalized spacial score (nSPS) is 24.1. The van der Waals surface area contributed by atoms with Gasteiger partial charge in [0.1, 0.15) is 12.2 Å². The van der Waals surface area contributed by atoms with Crippen molar-refractivity contribution < 1.29 is 32.2 Å². The van der Waals surface area contributed by atoms with Crippen LogP contribution in [0.25, 0.3) is 0 Å². The molecule has 0 N–H and O–H groups in total. The molecule has 136 valence electrons. The van der Waals surface area contributed by atoms with Gasteiger partial charge in [0, 0.05) is 33.5 Å². The number of rotatable bonds is 16. The van der Waals surface area contributed by atoms with E-state index in [-0.39, 0.29) is 6.10 Å². The van der Waals surface area contributed by atoms with Crippen LogP contribution in [0.1, 0.15) is 25.7 Å². The van der Waals surface area contributed by atoms with Gasteiger partial charge in [0.15, 0.2) is 0 Å². The molecule has 2 fully saturated rings. The van der Waals surface area contributed by atoms with Gasteiger partial charge in [-0.2, -0.15) is 0 Å². The lowest BCUT2D eigenvalue weighted by molar-refractivity contribution is 0.0529. The molecule has 0 spiro atoms. The number of ether oxygens (including phenoxy) is 4. The Morgan fingerprint density at radius 3 is 1.78 bits per heavy atom. The summed E-state index contributed by atoms with van der Waals surface area (Å²) in [6.45, 7) is 4.56. The van der Waals surface area contributed by atoms with Gasteiger partial charge in [0.05, 0.1) is 26.4 Å². The molecule has 7 nitrogen and oxygen atoms in total. The summed E-state index contributed by atoms with van der Waals surface area (Å²) in [6, 6.07) is 0. The fourth-order valence-corrected chi connectivity index (χ4v) is 3.23. The summed E-state index contributed by atoms with van der Waals surface area (Å²) >= 11 is 0. The molecule has 2 aliphatic rings. The van der Waals surface area contributed by atoms with Crippen molar-refractivity contribution in [2.75, 3.05) is 53.9 Å². The van der Waals surface area contributed by atoms with E-state index < -0.39 is 9.53 Å². The van der Waals surface area contributed by atoms with Crippen molar-refractivity contribution >= 4 is 9.53 Å². The predicted octanol–water partition coefficient (Wildman–Crippen LogP) is 0.773. The summed E-state index contributed by atoms with van der Waals surface area (Å²) in [5.41, 5.74) is 0. The zero-order valence-electron chi connectivity index (χ0n) is 14.2. The van der Waals surface area contributed by atoms with E-state index in [2.05, 4.69) is 0 Å². The van der Waals surface area contributed by atoms with Crippen LogP contribution in [0.15, 0.2) is 0 Å². The Balaban J connectivity index is 1.54. The third kappa shape index (κ3) is 9.73. The van der Waals surface area contributed by atoms with Gasteiger partial charge >= 0.3 is 9.53 Å². The first-order chi connectivity index (χ1) is 11.3. The van der Waals surface area contributed by atoms with Crippen molar-refractivity contribution in [3.63, 3.8) is 0 Å². The molecular weight excluding hydrogens is 320 g/mol. The minimum atomic E-state index is -2.00. The fourth-order valence-electron chi connectivity index (χ4n) is 2.23. The third-order valence-electron chi connectivity index (χ3n) is 3.73. The van der Waals surface area contributed by atoms with Crippen molar-refractivity contribution in [2.45, 2.75) is 44.0 Å². The topological polar surface area (TPSA) is 71.2 Å². The highest BCUT2D eigenvalue weighted by molar-refractivity contribution is 6.36. The zero-order valence-corrected chi connectivity index (χ0v) is 15.4. The summed E-state index contributed by atoms with van der Waals surface area (Å²) in [7, 11) is 1.27. The molecule has 0 aromatic carbocycles. The summed E-state index contributed by atoms with van der Waals surface area (Å²) in [4.78, 5) is 0. The van der Waals surface area contributed by atoms with E-state index in [4.69, 9.17) is 32.2 Å². The third-order valence-corrected chi connectivity index (χ3v) is 5.11. The molecule has 2 aliphatic heterocycles. The SMILES string of the molecule is CO[SiH](OC)OC(CCCOCC1CO1)CCCOCC1CO1. The average molecular weight is 350 g/mol. The molecule has 0 aromatic heterocycles. The van der Waals surface area contributed by atoms with Crippen molar-refractivity contribution in [3.05, 3.63) is 0 Å². The van der Waals surface area contributed by atoms with Crippen LogP contribution in [0.5, 0.6) is 0 Å². The van der Waals surface area contributed by atoms with Crippen LogP contribution in [0.3, 0.4) is 0 Å². The van der Waals surface area contributed by atoms with Gasteiger partial charge < -0.3 is 32.2 Å². The molecular formula is C15H30O7Si. The first-order valence-corrected chi connectivity index (χ1v) is 9.83. The van der Waals surface area contributed by atoms with Crippen LogP contribution in [0.2, 0.25) is 0 Å². The molecule has 0 amide bonds. The molecule has 0 radical (unpaired) electrons. The van der Waals surface area contributed by atoms with Gasteiger partial charge in [-0.1, -0.05) is 0 Å². The molecule has 2 rings (SSSR count). The lowest BCUT2D eigenvalue weighted by Crippen LogP contribution is -2.30. The quantitative estimate of drug-likeness (QED) is 0.231. The van der Waals surface area contributed by atoms with Crippen molar-refractivity contribution in [2.24, 2.45) is 0 Å². The highest BCUT2D eigenvalue weighted by Gasteiger charge is 2.23. The maximum absolute atomic E-state index is 5.96. The molecule has 8 heteroatoms. The Labute approximate surface area is 140 Å². The van der Waals surface area contributed by atoms with Gasteiger partial charge in [-0.25, -0.2) is 0 Å². The summed E-state index contributed by atoms with van der Waals surface area (Å²) in [5.74, 6) is 0. The van der Waals surface area contributed by atoms with Crippen LogP contribution in [0.4, 0.5) is 0 Å². The summed E-state index contributed by atoms with van der Waals surface area (Å²) < 4.78 is 37.9. The molecule has 23 heavy (non-hydrogen) atoms. The summed E-state index contributed by atoms with van der Waals surface area (Å²) in [5, 5.41) is 0. The molecule has 0 aromatic rings. The Hall–Kier alpha value is -0.0631. The van der Waals surface area contributed by atoms with Crippen LogP contribution in [-0.4, -0.2) is 81.7 Å². The monoisotopic (exact) mass is 350 g/mol. The van der Waals surface area contributed by atoms with E-state index >= 15 is 0 Å². The van der Waals surface area contributed by atoms with Gasteiger partial charge in [-0.15, -0.1) is 0 Å². The van der Waals surface area contributed by atoms with E-state index in [1.807, 2.05) is 0 Å². The van der Waals surface area contributed by atoms with E-state index in [0.29, 0.717) is 25.4 Å². The second-order valence-corrected chi connectivity index (χ2v) is 7.66. The van der Waals surface area contributed by atoms with Crippen molar-refractivity contribution in [1.82, 2.24) is 0 Å². The Kier molecular flexibility index (Phi) is 9.62. The van der Waals surface area contributed by atoms with E-state index in [1.165, 1.54) is 0 Å². The number of hydrogen-bond donors (Lipinski definition) is 0. The van der Waals surface area contributed by atoms with E-state index in [0.717, 1.165) is 52.1 Å². The molecule has 0 aliphatic carbocycles. The zero-order chi connectivity index (χ0) is 16.3. The first-order valence-electron chi connectivity index (χ1n) is 8.41. The highest BCUT2D eigenvalue weighted by Crippen LogP contribution is 2.14. The van der Waals surface area contributed by atoms with Crippen LogP contribution in [0, 0.1) is 0 Å². The second-order valence-electron chi connectivity index (χ2n) is 5.86. The van der Waals surface area contributed by atoms with E-state index in [1.54, 1.807) is 14.2 Å². The second kappa shape index (κ2) is 11.5. The van der Waals surface area contributed by atoms with Crippen LogP contribution >= 0.6 is 0 Å². The predicted molar refractivity (Wildman–Crippen MR) is 85.6 cm³/mol. The Bertz CT molecular complexity index is 274. The van der Waals surface area contributed by atoms with Gasteiger partial charge in [-0.3, -0.25) is 0 Å². The van der Waals surface area contributed by atoms with Crippen LogP contribution in [-0.2, 0) is 32.2 Å². The molecule has 2 atom stereocenters. The molecule has 0 bridgehead atoms. The lowest BCUT2D eigenvalue weighted by atomic mass is 10.1. The fraction of sp³-hybridized carbons (Fsp3) is 1.00. The maximum atomic E-state index is 5.96. The number of hydrogen-bond acceptors (Lipinski definition) is 7. The molecule has 2 saturated heterocycles. The lowest BCUT2D eigenvalue weighted by Gasteiger charge is -2.21. The highest BCUT2D eigenvalue weighted by atomic mass is 28.3. The maximum Gasteiger partial charge on any atom is 0.483 e. The van der Waals surface area contributed by atoms with Crippen molar-refractivity contribution in [3.8, 4) is 0 Å². The van der Waals surface area contributed by atoms with Gasteiger partial charge in [-0.05, 0) is 25.7 Å². The largest absolute Gasteiger partial charge is 0.483 e. The average Bonchev–Trinajstić information content (AvgIpc) is 3.45. The minimum Gasteiger partial charge on any atom is -0.379 e. The smallest absolute Gasteiger partial charge is 0.379 e. The number of epoxide rings is 2. The Morgan fingerprint density at radius 1 is 0.913 bits per heavy atom. The minimum absolute atomic E-state index is 0.133. The van der Waals surface area contributed by atoms with Gasteiger partial charge in [0.25, 0.3) is 0 Å². The standard InChI is InChI=1S/C15H30O7Si/c1-16-23(17-2)22-13(5-3-7-18-9-14-11-20-14)6-4-8-19-10-15-12-21-15/h13-15,23H,3-12H2,1-2H3. The first kappa shape index (κ1) is 19.3.